The van der Waals surface area contributed by atoms with Crippen LogP contribution in [0.15, 0.2) is 53.2 Å². The topological polar surface area (TPSA) is 101 Å². The molecule has 0 saturated carbocycles. The van der Waals surface area contributed by atoms with Crippen LogP contribution in [-0.4, -0.2) is 43.4 Å². The van der Waals surface area contributed by atoms with Crippen molar-refractivity contribution in [3.05, 3.63) is 70.8 Å². The van der Waals surface area contributed by atoms with E-state index in [1.165, 1.54) is 4.80 Å². The molecular weight excluding hydrogens is 428 g/mol. The van der Waals surface area contributed by atoms with E-state index in [-0.39, 0.29) is 17.9 Å². The number of aromatic nitrogens is 4. The number of halogens is 1. The van der Waals surface area contributed by atoms with Crippen molar-refractivity contribution in [1.29, 1.82) is 5.26 Å². The van der Waals surface area contributed by atoms with E-state index in [0.29, 0.717) is 45.4 Å². The second-order valence-corrected chi connectivity index (χ2v) is 8.34. The van der Waals surface area contributed by atoms with Gasteiger partial charge in [0.05, 0.1) is 41.2 Å². The SMILES string of the molecule is C[C@@H]1CC[C@@H](c2nc3cc(Cl)ccc3o2)CN1C(=O)c1cc(C#N)ccc1-n1nccn1. The fraction of sp³-hybridized carbons (Fsp3) is 0.261. The Morgan fingerprint density at radius 2 is 2.00 bits per heavy atom. The fourth-order valence-electron chi connectivity index (χ4n) is 4.13. The van der Waals surface area contributed by atoms with Crippen molar-refractivity contribution in [1.82, 2.24) is 24.9 Å². The minimum absolute atomic E-state index is 0.0294. The van der Waals surface area contributed by atoms with Gasteiger partial charge < -0.3 is 9.32 Å². The number of nitrogens with zero attached hydrogens (tertiary/aromatic N) is 6. The third-order valence-corrected chi connectivity index (χ3v) is 6.08. The molecule has 0 spiro atoms. The number of piperidine rings is 1. The number of hydrogen-bond donors (Lipinski definition) is 0. The summed E-state index contributed by atoms with van der Waals surface area (Å²) in [5, 5.41) is 18.3. The van der Waals surface area contributed by atoms with E-state index in [1.54, 1.807) is 48.8 Å². The van der Waals surface area contributed by atoms with Crippen LogP contribution in [0.2, 0.25) is 5.02 Å². The van der Waals surface area contributed by atoms with Gasteiger partial charge in [-0.1, -0.05) is 11.6 Å². The Morgan fingerprint density at radius 3 is 2.78 bits per heavy atom. The molecule has 2 atom stereocenters. The van der Waals surface area contributed by atoms with Gasteiger partial charge in [-0.15, -0.1) is 0 Å². The number of benzene rings is 2. The second kappa shape index (κ2) is 8.09. The minimum atomic E-state index is -0.175. The van der Waals surface area contributed by atoms with Gasteiger partial charge in [-0.2, -0.15) is 20.3 Å². The zero-order chi connectivity index (χ0) is 22.2. The van der Waals surface area contributed by atoms with E-state index in [2.05, 4.69) is 21.3 Å². The lowest BCUT2D eigenvalue weighted by molar-refractivity contribution is 0.0597. The Morgan fingerprint density at radius 1 is 1.19 bits per heavy atom. The number of carbonyl (C=O) groups is 1. The Hall–Kier alpha value is -3.70. The first-order chi connectivity index (χ1) is 15.5. The van der Waals surface area contributed by atoms with E-state index >= 15 is 0 Å². The highest BCUT2D eigenvalue weighted by Crippen LogP contribution is 2.33. The molecule has 0 bridgehead atoms. The van der Waals surface area contributed by atoms with Gasteiger partial charge in [0.1, 0.15) is 5.52 Å². The highest BCUT2D eigenvalue weighted by Gasteiger charge is 2.34. The number of carbonyl (C=O) groups excluding carboxylic acids is 1. The van der Waals surface area contributed by atoms with Crippen LogP contribution in [-0.2, 0) is 0 Å². The monoisotopic (exact) mass is 446 g/mol. The molecule has 32 heavy (non-hydrogen) atoms. The minimum Gasteiger partial charge on any atom is -0.440 e. The van der Waals surface area contributed by atoms with Crippen LogP contribution in [0.5, 0.6) is 0 Å². The summed E-state index contributed by atoms with van der Waals surface area (Å²) in [6.07, 6.45) is 4.76. The van der Waals surface area contributed by atoms with Crippen molar-refractivity contribution in [3.63, 3.8) is 0 Å². The van der Waals surface area contributed by atoms with Crippen LogP contribution in [0.4, 0.5) is 0 Å². The Balaban J connectivity index is 1.48. The number of amides is 1. The predicted octanol–water partition coefficient (Wildman–Crippen LogP) is 4.34. The molecule has 0 radical (unpaired) electrons. The Labute approximate surface area is 189 Å². The van der Waals surface area contributed by atoms with Gasteiger partial charge in [-0.3, -0.25) is 4.79 Å². The van der Waals surface area contributed by atoms with Gasteiger partial charge in [0, 0.05) is 17.6 Å². The molecule has 5 rings (SSSR count). The van der Waals surface area contributed by atoms with Crippen molar-refractivity contribution in [3.8, 4) is 11.8 Å². The van der Waals surface area contributed by atoms with Crippen LogP contribution in [0.3, 0.4) is 0 Å². The number of oxazole rings is 1. The molecule has 2 aromatic carbocycles. The molecule has 1 fully saturated rings. The molecule has 9 heteroatoms. The molecule has 160 valence electrons. The van der Waals surface area contributed by atoms with Crippen molar-refractivity contribution >= 4 is 28.6 Å². The van der Waals surface area contributed by atoms with Crippen molar-refractivity contribution in [2.45, 2.75) is 31.7 Å². The summed E-state index contributed by atoms with van der Waals surface area (Å²) in [4.78, 5) is 21.5. The molecule has 1 aliphatic rings. The summed E-state index contributed by atoms with van der Waals surface area (Å²) in [5.41, 5.74) is 2.70. The summed E-state index contributed by atoms with van der Waals surface area (Å²) < 4.78 is 5.98. The van der Waals surface area contributed by atoms with Crippen molar-refractivity contribution in [2.24, 2.45) is 0 Å². The van der Waals surface area contributed by atoms with Crippen molar-refractivity contribution < 1.29 is 9.21 Å². The molecule has 0 unspecified atom stereocenters. The molecule has 1 aliphatic heterocycles. The van der Waals surface area contributed by atoms with Crippen LogP contribution in [0, 0.1) is 11.3 Å². The van der Waals surface area contributed by atoms with Crippen molar-refractivity contribution in [2.75, 3.05) is 6.54 Å². The molecule has 2 aromatic heterocycles. The highest BCUT2D eigenvalue weighted by atomic mass is 35.5. The molecule has 1 saturated heterocycles. The van der Waals surface area contributed by atoms with Crippen LogP contribution in [0.25, 0.3) is 16.8 Å². The van der Waals surface area contributed by atoms with E-state index in [9.17, 15) is 10.1 Å². The number of rotatable bonds is 3. The van der Waals surface area contributed by atoms with Gasteiger partial charge in [0.2, 0.25) is 0 Å². The zero-order valence-corrected chi connectivity index (χ0v) is 18.0. The van der Waals surface area contributed by atoms with Gasteiger partial charge in [-0.25, -0.2) is 4.98 Å². The predicted molar refractivity (Wildman–Crippen MR) is 118 cm³/mol. The number of nitriles is 1. The zero-order valence-electron chi connectivity index (χ0n) is 17.3. The lowest BCUT2D eigenvalue weighted by atomic mass is 9.92. The number of fused-ring (bicyclic) bond motifs is 1. The number of hydrogen-bond acceptors (Lipinski definition) is 6. The van der Waals surface area contributed by atoms with E-state index < -0.39 is 0 Å². The van der Waals surface area contributed by atoms with E-state index in [0.717, 1.165) is 12.8 Å². The third-order valence-electron chi connectivity index (χ3n) is 5.85. The molecule has 0 aliphatic carbocycles. The average molecular weight is 447 g/mol. The van der Waals surface area contributed by atoms with Gasteiger partial charge in [0.25, 0.3) is 5.91 Å². The van der Waals surface area contributed by atoms with Crippen LogP contribution in [0.1, 0.15) is 47.5 Å². The summed E-state index contributed by atoms with van der Waals surface area (Å²) >= 11 is 6.08. The van der Waals surface area contributed by atoms with Gasteiger partial charge in [-0.05, 0) is 56.2 Å². The lowest BCUT2D eigenvalue weighted by Crippen LogP contribution is -2.45. The first-order valence-corrected chi connectivity index (χ1v) is 10.7. The molecule has 4 aromatic rings. The van der Waals surface area contributed by atoms with E-state index in [1.807, 2.05) is 11.8 Å². The third kappa shape index (κ3) is 3.61. The van der Waals surface area contributed by atoms with Gasteiger partial charge in [0.15, 0.2) is 11.5 Å². The maximum atomic E-state index is 13.7. The smallest absolute Gasteiger partial charge is 0.256 e. The van der Waals surface area contributed by atoms with Gasteiger partial charge >= 0.3 is 0 Å². The Kier molecular flexibility index (Phi) is 5.11. The molecule has 1 amide bonds. The lowest BCUT2D eigenvalue weighted by Gasteiger charge is -2.37. The van der Waals surface area contributed by atoms with E-state index in [4.69, 9.17) is 16.0 Å². The summed E-state index contributed by atoms with van der Waals surface area (Å²) in [6.45, 7) is 2.49. The normalized spacial score (nSPS) is 18.6. The fourth-order valence-corrected chi connectivity index (χ4v) is 4.30. The molecular formula is C23H19ClN6O2. The quantitative estimate of drug-likeness (QED) is 0.464. The first kappa shape index (κ1) is 20.2. The maximum Gasteiger partial charge on any atom is 0.256 e. The largest absolute Gasteiger partial charge is 0.440 e. The summed E-state index contributed by atoms with van der Waals surface area (Å²) in [7, 11) is 0. The summed E-state index contributed by atoms with van der Waals surface area (Å²) in [6, 6.07) is 12.4. The first-order valence-electron chi connectivity index (χ1n) is 10.3. The average Bonchev–Trinajstić information content (AvgIpc) is 3.48. The maximum absolute atomic E-state index is 13.7. The Bertz CT molecular complexity index is 1340. The van der Waals surface area contributed by atoms with Crippen LogP contribution >= 0.6 is 11.6 Å². The molecule has 3 heterocycles. The number of likely N-dealkylation sites (tertiary alicyclic amines) is 1. The molecule has 0 N–H and O–H groups in total. The summed E-state index contributed by atoms with van der Waals surface area (Å²) in [5.74, 6) is 0.393. The van der Waals surface area contributed by atoms with Crippen LogP contribution < -0.4 is 0 Å². The molecule has 8 nitrogen and oxygen atoms in total. The standard InChI is InChI=1S/C23H19ClN6O2/c1-14-2-4-16(22-28-19-11-17(24)5-7-21(19)32-22)13-29(14)23(31)18-10-15(12-25)3-6-20(18)30-26-8-9-27-30/h3,5-11,14,16H,2,4,13H2,1H3/t14-,16-/m1/s1. The highest BCUT2D eigenvalue weighted by molar-refractivity contribution is 6.31. The second-order valence-electron chi connectivity index (χ2n) is 7.91.